The van der Waals surface area contributed by atoms with Crippen LogP contribution in [-0.2, 0) is 41.7 Å². The van der Waals surface area contributed by atoms with Gasteiger partial charge < -0.3 is 20.1 Å². The average Bonchev–Trinajstić information content (AvgIpc) is 2.97. The predicted molar refractivity (Wildman–Crippen MR) is 152 cm³/mol. The Hall–Kier alpha value is -3.94. The fourth-order valence-electron chi connectivity index (χ4n) is 4.67. The molecule has 2 aromatic carbocycles. The summed E-state index contributed by atoms with van der Waals surface area (Å²) in [5.74, 6) is -2.54. The van der Waals surface area contributed by atoms with Gasteiger partial charge in [0.25, 0.3) is 0 Å². The number of nitrogens with one attached hydrogen (secondary N) is 2. The van der Waals surface area contributed by atoms with E-state index in [0.717, 1.165) is 43.2 Å². The van der Waals surface area contributed by atoms with Crippen molar-refractivity contribution in [2.24, 2.45) is 5.92 Å². The summed E-state index contributed by atoms with van der Waals surface area (Å²) >= 11 is 0. The van der Waals surface area contributed by atoms with E-state index in [1.54, 1.807) is 0 Å². The van der Waals surface area contributed by atoms with Gasteiger partial charge in [-0.1, -0.05) is 85.7 Å². The van der Waals surface area contributed by atoms with Crippen LogP contribution in [0.25, 0.3) is 0 Å². The Labute approximate surface area is 236 Å². The molecule has 8 heteroatoms. The molecule has 3 rings (SSSR count). The highest BCUT2D eigenvalue weighted by Crippen LogP contribution is 2.17. The molecule has 40 heavy (non-hydrogen) atoms. The van der Waals surface area contributed by atoms with Crippen molar-refractivity contribution in [3.63, 3.8) is 0 Å². The molecule has 0 fully saturated rings. The van der Waals surface area contributed by atoms with Crippen LogP contribution in [0, 0.1) is 5.92 Å². The van der Waals surface area contributed by atoms with E-state index in [4.69, 9.17) is 9.47 Å². The zero-order valence-corrected chi connectivity index (χ0v) is 23.2. The van der Waals surface area contributed by atoms with Gasteiger partial charge in [-0.15, -0.1) is 0 Å². The SMILES string of the molecule is COC(=O)[C@@H]1CCCCC/C=C\CCC(Cc2ccccc2)C(=O)N[C@@H](CC(=O)OCc2ccccc2)C(=O)N1. The van der Waals surface area contributed by atoms with Crippen molar-refractivity contribution in [2.45, 2.75) is 76.5 Å². The van der Waals surface area contributed by atoms with Gasteiger partial charge in [0.15, 0.2) is 0 Å². The maximum absolute atomic E-state index is 13.5. The third-order valence-corrected chi connectivity index (χ3v) is 6.96. The maximum Gasteiger partial charge on any atom is 0.328 e. The van der Waals surface area contributed by atoms with E-state index in [-0.39, 0.29) is 18.9 Å². The minimum Gasteiger partial charge on any atom is -0.467 e. The largest absolute Gasteiger partial charge is 0.467 e. The van der Waals surface area contributed by atoms with Gasteiger partial charge in [-0.2, -0.15) is 0 Å². The molecule has 2 N–H and O–H groups in total. The van der Waals surface area contributed by atoms with Crippen molar-refractivity contribution in [1.29, 1.82) is 0 Å². The zero-order valence-electron chi connectivity index (χ0n) is 23.2. The van der Waals surface area contributed by atoms with Crippen molar-refractivity contribution < 1.29 is 28.7 Å². The third kappa shape index (κ3) is 10.7. The second kappa shape index (κ2) is 16.9. The molecule has 1 aliphatic rings. The Morgan fingerprint density at radius 3 is 2.17 bits per heavy atom. The number of benzene rings is 2. The number of carbonyl (C=O) groups excluding carboxylic acids is 4. The van der Waals surface area contributed by atoms with Gasteiger partial charge in [-0.05, 0) is 49.7 Å². The normalized spacial score (nSPS) is 21.9. The number of allylic oxidation sites excluding steroid dienone is 2. The van der Waals surface area contributed by atoms with Gasteiger partial charge in [0.05, 0.1) is 13.5 Å². The Morgan fingerprint density at radius 2 is 1.48 bits per heavy atom. The topological polar surface area (TPSA) is 111 Å². The van der Waals surface area contributed by atoms with Crippen LogP contribution >= 0.6 is 0 Å². The monoisotopic (exact) mass is 548 g/mol. The highest BCUT2D eigenvalue weighted by molar-refractivity contribution is 5.93. The summed E-state index contributed by atoms with van der Waals surface area (Å²) in [6.07, 6.45) is 9.58. The molecule has 1 unspecified atom stereocenters. The first-order valence-electron chi connectivity index (χ1n) is 14.0. The second-order valence-electron chi connectivity index (χ2n) is 10.1. The third-order valence-electron chi connectivity index (χ3n) is 6.96. The molecule has 2 aromatic rings. The van der Waals surface area contributed by atoms with Crippen molar-refractivity contribution >= 4 is 23.8 Å². The highest BCUT2D eigenvalue weighted by Gasteiger charge is 2.31. The molecule has 3 atom stereocenters. The van der Waals surface area contributed by atoms with E-state index in [1.807, 2.05) is 60.7 Å². The van der Waals surface area contributed by atoms with Gasteiger partial charge >= 0.3 is 11.9 Å². The summed E-state index contributed by atoms with van der Waals surface area (Å²) in [5, 5.41) is 5.51. The molecule has 0 saturated carbocycles. The number of rotatable bonds is 7. The Kier molecular flexibility index (Phi) is 12.9. The summed E-state index contributed by atoms with van der Waals surface area (Å²) in [4.78, 5) is 52.2. The predicted octanol–water partition coefficient (Wildman–Crippen LogP) is 4.42. The summed E-state index contributed by atoms with van der Waals surface area (Å²) in [6, 6.07) is 16.8. The lowest BCUT2D eigenvalue weighted by atomic mass is 9.93. The molecule has 0 bridgehead atoms. The van der Waals surface area contributed by atoms with E-state index in [2.05, 4.69) is 22.8 Å². The van der Waals surface area contributed by atoms with Crippen LogP contribution in [0.5, 0.6) is 0 Å². The van der Waals surface area contributed by atoms with E-state index in [1.165, 1.54) is 7.11 Å². The van der Waals surface area contributed by atoms with Crippen LogP contribution in [-0.4, -0.2) is 42.9 Å². The first-order valence-corrected chi connectivity index (χ1v) is 14.0. The lowest BCUT2D eigenvalue weighted by Gasteiger charge is -2.24. The Bertz CT molecular complexity index is 1120. The number of esters is 2. The van der Waals surface area contributed by atoms with Gasteiger partial charge in [0.1, 0.15) is 18.7 Å². The molecule has 2 amide bonds. The highest BCUT2D eigenvalue weighted by atomic mass is 16.5. The van der Waals surface area contributed by atoms with Crippen molar-refractivity contribution in [3.05, 3.63) is 83.9 Å². The van der Waals surface area contributed by atoms with Crippen LogP contribution in [0.1, 0.15) is 62.5 Å². The van der Waals surface area contributed by atoms with Gasteiger partial charge in [-0.25, -0.2) is 4.79 Å². The molecule has 1 heterocycles. The second-order valence-corrected chi connectivity index (χ2v) is 10.1. The fraction of sp³-hybridized carbons (Fsp3) is 0.438. The summed E-state index contributed by atoms with van der Waals surface area (Å²) in [6.45, 7) is 0.0513. The quantitative estimate of drug-likeness (QED) is 0.392. The molecule has 0 spiro atoms. The average molecular weight is 549 g/mol. The van der Waals surface area contributed by atoms with Crippen LogP contribution in [0.4, 0.5) is 0 Å². The van der Waals surface area contributed by atoms with Crippen molar-refractivity contribution in [1.82, 2.24) is 10.6 Å². The van der Waals surface area contributed by atoms with E-state index in [0.29, 0.717) is 19.3 Å². The minimum atomic E-state index is -1.20. The fourth-order valence-corrected chi connectivity index (χ4v) is 4.67. The number of hydrogen-bond donors (Lipinski definition) is 2. The molecule has 0 radical (unpaired) electrons. The molecule has 214 valence electrons. The van der Waals surface area contributed by atoms with Crippen LogP contribution < -0.4 is 10.6 Å². The number of methoxy groups -OCH3 is 1. The summed E-state index contributed by atoms with van der Waals surface area (Å²) in [7, 11) is 1.27. The first-order chi connectivity index (χ1) is 19.5. The van der Waals surface area contributed by atoms with Gasteiger partial charge in [0.2, 0.25) is 11.8 Å². The maximum atomic E-state index is 13.5. The number of amides is 2. The molecule has 1 aliphatic heterocycles. The zero-order chi connectivity index (χ0) is 28.6. The number of carbonyl (C=O) groups is 4. The lowest BCUT2D eigenvalue weighted by molar-refractivity contribution is -0.148. The summed E-state index contributed by atoms with van der Waals surface area (Å²) < 4.78 is 10.3. The summed E-state index contributed by atoms with van der Waals surface area (Å²) in [5.41, 5.74) is 1.82. The molecular formula is C32H40N2O6. The van der Waals surface area contributed by atoms with E-state index < -0.39 is 35.8 Å². The first kappa shape index (κ1) is 30.6. The molecule has 0 aromatic heterocycles. The van der Waals surface area contributed by atoms with Crippen LogP contribution in [0.15, 0.2) is 72.8 Å². The smallest absolute Gasteiger partial charge is 0.328 e. The number of hydrogen-bond acceptors (Lipinski definition) is 6. The van der Waals surface area contributed by atoms with E-state index >= 15 is 0 Å². The van der Waals surface area contributed by atoms with Gasteiger partial charge in [0, 0.05) is 5.92 Å². The molecular weight excluding hydrogens is 508 g/mol. The Morgan fingerprint density at radius 1 is 0.800 bits per heavy atom. The van der Waals surface area contributed by atoms with Crippen LogP contribution in [0.3, 0.4) is 0 Å². The molecule has 0 aliphatic carbocycles. The minimum absolute atomic E-state index is 0.0513. The standard InChI is InChI=1S/C32H40N2O6/c1-39-32(38)27-20-14-6-4-2-3-5-13-19-26(21-24-15-9-7-10-16-24)30(36)34-28(31(37)33-27)22-29(35)40-23-25-17-11-8-12-18-25/h3,5,7-12,15-18,26-28H,2,4,6,13-14,19-23H2,1H3,(H,33,37)(H,34,36)/b5-3-/t26?,27-,28-/m0/s1. The lowest BCUT2D eigenvalue weighted by Crippen LogP contribution is -2.53. The van der Waals surface area contributed by atoms with Gasteiger partial charge in [-0.3, -0.25) is 14.4 Å². The van der Waals surface area contributed by atoms with Crippen molar-refractivity contribution in [2.75, 3.05) is 7.11 Å². The van der Waals surface area contributed by atoms with E-state index in [9.17, 15) is 19.2 Å². The Balaban J connectivity index is 1.80. The number of ether oxygens (including phenoxy) is 2. The van der Waals surface area contributed by atoms with Crippen LogP contribution in [0.2, 0.25) is 0 Å². The molecule has 0 saturated heterocycles. The molecule has 8 nitrogen and oxygen atoms in total. The van der Waals surface area contributed by atoms with Crippen molar-refractivity contribution in [3.8, 4) is 0 Å².